The number of hydrazone groups is 1. The number of ether oxygens (including phenoxy) is 2. The Morgan fingerprint density at radius 3 is 1.98 bits per heavy atom. The van der Waals surface area contributed by atoms with E-state index in [2.05, 4.69) is 10.2 Å². The molecule has 0 bridgehead atoms. The van der Waals surface area contributed by atoms with Gasteiger partial charge in [-0.05, 0) is 67.6 Å². The first-order valence-electron chi connectivity index (χ1n) is 12.1. The number of nitrogens with zero attached hydrogens (tertiary/aromatic N) is 3. The molecule has 1 N–H and O–H groups in total. The van der Waals surface area contributed by atoms with Gasteiger partial charge in [-0.1, -0.05) is 24.7 Å². The van der Waals surface area contributed by atoms with Crippen LogP contribution in [0.25, 0.3) is 11.8 Å². The van der Waals surface area contributed by atoms with Crippen molar-refractivity contribution < 1.29 is 99.3 Å². The zero-order chi connectivity index (χ0) is 31.4. The number of allylic oxidation sites excluding steroid dienone is 4. The monoisotopic (exact) mass is 670 g/mol. The van der Waals surface area contributed by atoms with Crippen LogP contribution in [-0.2, 0) is 29.8 Å². The van der Waals surface area contributed by atoms with Crippen LogP contribution in [0.4, 0.5) is 5.69 Å². The number of hydrogen-bond acceptors (Lipinski definition) is 11. The summed E-state index contributed by atoms with van der Waals surface area (Å²) in [7, 11) is -9.34. The van der Waals surface area contributed by atoms with Crippen LogP contribution in [0.5, 0.6) is 5.88 Å². The van der Waals surface area contributed by atoms with Crippen LogP contribution in [0, 0.1) is 12.5 Å². The number of aromatic nitrogens is 2. The zero-order valence-electron chi connectivity index (χ0n) is 24.0. The molecule has 0 fully saturated rings. The van der Waals surface area contributed by atoms with Crippen LogP contribution >= 0.6 is 0 Å². The van der Waals surface area contributed by atoms with Crippen molar-refractivity contribution in [3.05, 3.63) is 94.3 Å². The maximum atomic E-state index is 13.1. The second-order valence-electron chi connectivity index (χ2n) is 8.39. The molecule has 3 aromatic rings. The molecule has 14 nitrogen and oxygen atoms in total. The maximum Gasteiger partial charge on any atom is 1.00 e. The van der Waals surface area contributed by atoms with Gasteiger partial charge in [0.25, 0.3) is 17.4 Å². The Kier molecular flexibility index (Phi) is 13.4. The van der Waals surface area contributed by atoms with E-state index < -0.39 is 41.5 Å². The first-order chi connectivity index (χ1) is 20.3. The van der Waals surface area contributed by atoms with Crippen molar-refractivity contribution >= 4 is 43.8 Å². The van der Waals surface area contributed by atoms with E-state index in [0.717, 1.165) is 34.0 Å². The van der Waals surface area contributed by atoms with Crippen molar-refractivity contribution in [2.45, 2.75) is 16.7 Å². The van der Waals surface area contributed by atoms with E-state index in [1.807, 2.05) is 6.11 Å². The van der Waals surface area contributed by atoms with Gasteiger partial charge in [0.2, 0.25) is 5.88 Å². The van der Waals surface area contributed by atoms with Crippen molar-refractivity contribution in [1.29, 1.82) is 0 Å². The van der Waals surface area contributed by atoms with E-state index in [-0.39, 0.29) is 100 Å². The van der Waals surface area contributed by atoms with Gasteiger partial charge >= 0.3 is 59.1 Å². The van der Waals surface area contributed by atoms with Crippen molar-refractivity contribution in [1.82, 2.24) is 9.78 Å². The fourth-order valence-electron chi connectivity index (χ4n) is 3.74. The summed E-state index contributed by atoms with van der Waals surface area (Å²) in [5.74, 6) is -0.727. The summed E-state index contributed by atoms with van der Waals surface area (Å²) in [5.41, 5.74) is -0.0279. The number of amides is 1. The molecule has 45 heavy (non-hydrogen) atoms. The van der Waals surface area contributed by atoms with Gasteiger partial charge in [-0.2, -0.15) is 5.01 Å². The number of carbonyl (C=O) groups is 1. The summed E-state index contributed by atoms with van der Waals surface area (Å²) in [6.07, 6.45) is 14.3. The SMILES string of the molecule is C#COC1=NN(c2ccc(S(=O)(=O)[O-])cc2)C(=O)C1=CC=CC=Cc1c(OCC)[nH]n(-c2ccc(S(=O)(=O)[O-])cc2)c1=O.[Na+].[Na+]. The van der Waals surface area contributed by atoms with Crippen molar-refractivity contribution in [3.8, 4) is 24.1 Å². The van der Waals surface area contributed by atoms with E-state index >= 15 is 0 Å². The van der Waals surface area contributed by atoms with Crippen molar-refractivity contribution in [2.24, 2.45) is 5.10 Å². The molecule has 1 amide bonds. The van der Waals surface area contributed by atoms with Crippen molar-refractivity contribution in [3.63, 3.8) is 0 Å². The van der Waals surface area contributed by atoms with Crippen LogP contribution in [0.3, 0.4) is 0 Å². The first kappa shape index (κ1) is 38.0. The molecule has 18 heteroatoms. The minimum absolute atomic E-state index is 0. The van der Waals surface area contributed by atoms with Gasteiger partial charge < -0.3 is 18.6 Å². The number of benzene rings is 2. The largest absolute Gasteiger partial charge is 1.00 e. The number of anilines is 1. The Balaban J connectivity index is 0.00000353. The standard InChI is InChI=1S/C27H22N4O10S2.2Na/c1-3-40-24-22(26(32)30(28-24)18-10-14-20(15-11-18)42(34,35)36)8-6-5-7-9-23-25(41-4-2)29-31(27(23)33)19-12-16-21(17-13-19)43(37,38)39;;/h1,5-17,29H,4H2,2H3,(H,34,35,36)(H,37,38,39);;/q;2*+1/p-2. The Hall–Kier alpha value is -3.21. The van der Waals surface area contributed by atoms with Gasteiger partial charge in [0.1, 0.15) is 37.5 Å². The van der Waals surface area contributed by atoms with E-state index in [1.165, 1.54) is 54.6 Å². The molecule has 0 atom stereocenters. The molecule has 0 unspecified atom stereocenters. The van der Waals surface area contributed by atoms with Crippen LogP contribution in [0.15, 0.2) is 98.1 Å². The minimum atomic E-state index is -4.68. The third kappa shape index (κ3) is 8.95. The molecule has 0 saturated carbocycles. The second kappa shape index (κ2) is 15.9. The summed E-state index contributed by atoms with van der Waals surface area (Å²) in [5, 5.41) is 7.72. The van der Waals surface area contributed by atoms with Gasteiger partial charge in [0.05, 0.1) is 27.8 Å². The van der Waals surface area contributed by atoms with Gasteiger partial charge in [-0.3, -0.25) is 14.7 Å². The fourth-order valence-corrected chi connectivity index (χ4v) is 4.68. The quantitative estimate of drug-likeness (QED) is 0.0765. The maximum absolute atomic E-state index is 13.1. The Morgan fingerprint density at radius 1 is 0.911 bits per heavy atom. The molecule has 0 spiro atoms. The molecule has 0 saturated heterocycles. The third-order valence-electron chi connectivity index (χ3n) is 5.68. The minimum Gasteiger partial charge on any atom is -0.744 e. The third-order valence-corrected chi connectivity index (χ3v) is 7.38. The number of rotatable bonds is 9. The summed E-state index contributed by atoms with van der Waals surface area (Å²) >= 11 is 0. The molecular formula is C27H20N4Na2O10S2. The zero-order valence-corrected chi connectivity index (χ0v) is 29.7. The Bertz CT molecular complexity index is 2010. The number of terminal acetylenes is 1. The predicted molar refractivity (Wildman–Crippen MR) is 151 cm³/mol. The summed E-state index contributed by atoms with van der Waals surface area (Å²) in [4.78, 5) is 25.1. The van der Waals surface area contributed by atoms with Crippen LogP contribution in [-0.4, -0.2) is 54.1 Å². The van der Waals surface area contributed by atoms with E-state index in [0.29, 0.717) is 0 Å². The summed E-state index contributed by atoms with van der Waals surface area (Å²) in [6, 6.07) is 9.25. The Morgan fingerprint density at radius 2 is 1.47 bits per heavy atom. The fraction of sp³-hybridized carbons (Fsp3) is 0.0741. The molecule has 1 aliphatic heterocycles. The Labute approximate surface area is 302 Å². The van der Waals surface area contributed by atoms with Gasteiger partial charge in [0.15, 0.2) is 0 Å². The van der Waals surface area contributed by atoms with E-state index in [1.54, 1.807) is 6.92 Å². The second-order valence-corrected chi connectivity index (χ2v) is 11.1. The average molecular weight is 671 g/mol. The number of aromatic amines is 1. The number of nitrogens with one attached hydrogen (secondary N) is 1. The molecule has 0 radical (unpaired) electrons. The van der Waals surface area contributed by atoms with Crippen LogP contribution in [0.1, 0.15) is 12.5 Å². The summed E-state index contributed by atoms with van der Waals surface area (Å²) < 4.78 is 78.7. The average Bonchev–Trinajstić information content (AvgIpc) is 3.43. The van der Waals surface area contributed by atoms with Gasteiger partial charge in [0, 0.05) is 0 Å². The van der Waals surface area contributed by atoms with E-state index in [9.17, 15) is 35.5 Å². The molecular weight excluding hydrogens is 650 g/mol. The summed E-state index contributed by atoms with van der Waals surface area (Å²) in [6.45, 7) is 1.93. The molecule has 222 valence electrons. The smallest absolute Gasteiger partial charge is 0.744 e. The van der Waals surface area contributed by atoms with Crippen molar-refractivity contribution in [2.75, 3.05) is 11.6 Å². The van der Waals surface area contributed by atoms with Gasteiger partial charge in [-0.15, -0.1) is 5.10 Å². The molecule has 0 aliphatic carbocycles. The molecule has 2 heterocycles. The normalized spacial score (nSPS) is 14.3. The number of H-pyrrole nitrogens is 1. The molecule has 1 aliphatic rings. The molecule has 4 rings (SSSR count). The topological polar surface area (TPSA) is 203 Å². The predicted octanol–water partition coefficient (Wildman–Crippen LogP) is -4.16. The number of carbonyl (C=O) groups excluding carboxylic acids is 1. The van der Waals surface area contributed by atoms with Gasteiger partial charge in [-0.25, -0.2) is 21.5 Å². The van der Waals surface area contributed by atoms with Crippen LogP contribution < -0.4 is 74.4 Å². The molecule has 2 aromatic carbocycles. The van der Waals surface area contributed by atoms with Crippen LogP contribution in [0.2, 0.25) is 0 Å². The molecule has 1 aromatic heterocycles. The van der Waals surface area contributed by atoms with E-state index in [4.69, 9.17) is 15.9 Å². The first-order valence-corrected chi connectivity index (χ1v) is 14.9. The number of hydrogen-bond donors (Lipinski definition) is 1.